The molecule has 0 unspecified atom stereocenters. The van der Waals surface area contributed by atoms with E-state index in [1.165, 1.54) is 48.0 Å². The zero-order chi connectivity index (χ0) is 18.4. The van der Waals surface area contributed by atoms with Crippen LogP contribution in [0.2, 0.25) is 0 Å². The number of ether oxygens (including phenoxy) is 1. The maximum absolute atomic E-state index is 6.54. The Morgan fingerprint density at radius 3 is 1.41 bits per heavy atom. The quantitative estimate of drug-likeness (QED) is 0.565. The summed E-state index contributed by atoms with van der Waals surface area (Å²) in [4.78, 5) is 0. The fourth-order valence-electron chi connectivity index (χ4n) is 4.00. The summed E-state index contributed by atoms with van der Waals surface area (Å²) in [6, 6.07) is 32.7. The van der Waals surface area contributed by atoms with Gasteiger partial charge in [0.05, 0.1) is 6.10 Å². The van der Waals surface area contributed by atoms with E-state index in [0.29, 0.717) is 6.10 Å². The van der Waals surface area contributed by atoms with Gasteiger partial charge >= 0.3 is 0 Å². The first-order valence-electron chi connectivity index (χ1n) is 9.95. The Kier molecular flexibility index (Phi) is 5.92. The summed E-state index contributed by atoms with van der Waals surface area (Å²) in [5, 5.41) is 4.04. The van der Waals surface area contributed by atoms with Crippen LogP contribution in [0.3, 0.4) is 0 Å². The van der Waals surface area contributed by atoms with E-state index < -0.39 is 6.89 Å². The van der Waals surface area contributed by atoms with Gasteiger partial charge in [-0.1, -0.05) is 110 Å². The Morgan fingerprint density at radius 1 is 0.593 bits per heavy atom. The minimum atomic E-state index is -1.97. The molecule has 0 radical (unpaired) electrons. The molecule has 1 aliphatic carbocycles. The van der Waals surface area contributed by atoms with Crippen molar-refractivity contribution in [2.45, 2.75) is 38.2 Å². The molecular formula is C25H27OP. The van der Waals surface area contributed by atoms with E-state index in [1.807, 2.05) is 0 Å². The van der Waals surface area contributed by atoms with Gasteiger partial charge in [-0.15, -0.1) is 0 Å². The largest absolute Gasteiger partial charge is 0.350 e. The Bertz CT molecular complexity index is 778. The van der Waals surface area contributed by atoms with Gasteiger partial charge in [0.15, 0.2) is 0 Å². The van der Waals surface area contributed by atoms with Gasteiger partial charge in [0.1, 0.15) is 0 Å². The topological polar surface area (TPSA) is 9.23 Å². The fraction of sp³-hybridized carbons (Fsp3) is 0.240. The molecule has 0 N–H and O–H groups in total. The third-order valence-corrected chi connectivity index (χ3v) is 9.23. The van der Waals surface area contributed by atoms with E-state index in [2.05, 4.69) is 97.0 Å². The third-order valence-electron chi connectivity index (χ3n) is 5.45. The lowest BCUT2D eigenvalue weighted by Crippen LogP contribution is -2.28. The Labute approximate surface area is 163 Å². The molecule has 1 aliphatic rings. The lowest BCUT2D eigenvalue weighted by molar-refractivity contribution is 0.155. The van der Waals surface area contributed by atoms with E-state index in [0.717, 1.165) is 0 Å². The molecule has 0 atom stereocenters. The summed E-state index contributed by atoms with van der Waals surface area (Å²) in [7, 11) is 0. The van der Waals surface area contributed by atoms with Gasteiger partial charge in [0.25, 0.3) is 0 Å². The lowest BCUT2D eigenvalue weighted by atomic mass is 9.98. The summed E-state index contributed by atoms with van der Waals surface area (Å²) >= 11 is 0. The van der Waals surface area contributed by atoms with Gasteiger partial charge in [-0.3, -0.25) is 0 Å². The summed E-state index contributed by atoms with van der Waals surface area (Å²) in [6.45, 7) is -1.97. The zero-order valence-electron chi connectivity index (χ0n) is 15.7. The number of hydrogen-bond donors (Lipinski definition) is 0. The third kappa shape index (κ3) is 3.95. The molecule has 0 heterocycles. The van der Waals surface area contributed by atoms with E-state index in [4.69, 9.17) is 4.74 Å². The van der Waals surface area contributed by atoms with Crippen molar-refractivity contribution in [3.05, 3.63) is 91.0 Å². The van der Waals surface area contributed by atoms with Crippen LogP contribution in [0.15, 0.2) is 91.0 Å². The average molecular weight is 374 g/mol. The fourth-order valence-corrected chi connectivity index (χ4v) is 7.54. The molecule has 27 heavy (non-hydrogen) atoms. The van der Waals surface area contributed by atoms with Crippen LogP contribution in [-0.4, -0.2) is 12.1 Å². The van der Waals surface area contributed by atoms with E-state index in [1.54, 1.807) is 0 Å². The van der Waals surface area contributed by atoms with Crippen molar-refractivity contribution in [2.24, 2.45) is 0 Å². The van der Waals surface area contributed by atoms with Crippen LogP contribution in [0.25, 0.3) is 0 Å². The van der Waals surface area contributed by atoms with Crippen molar-refractivity contribution in [3.63, 3.8) is 0 Å². The summed E-state index contributed by atoms with van der Waals surface area (Å²) in [5.74, 6) is 2.23. The molecule has 0 aliphatic heterocycles. The first-order valence-corrected chi connectivity index (χ1v) is 11.8. The van der Waals surface area contributed by atoms with Crippen LogP contribution in [0, 0.1) is 0 Å². The highest BCUT2D eigenvalue weighted by molar-refractivity contribution is 7.94. The van der Waals surface area contributed by atoms with Crippen LogP contribution < -0.4 is 15.9 Å². The molecule has 0 spiro atoms. The predicted octanol–water partition coefficient (Wildman–Crippen LogP) is 5.09. The Balaban J connectivity index is 1.91. The second-order valence-electron chi connectivity index (χ2n) is 7.23. The van der Waals surface area contributed by atoms with Gasteiger partial charge < -0.3 is 4.74 Å². The van der Waals surface area contributed by atoms with Gasteiger partial charge in [-0.25, -0.2) is 0 Å². The smallest absolute Gasteiger partial charge is 0.0634 e. The lowest BCUT2D eigenvalue weighted by Gasteiger charge is -2.30. The van der Waals surface area contributed by atoms with Crippen molar-refractivity contribution in [1.82, 2.24) is 0 Å². The van der Waals surface area contributed by atoms with Crippen LogP contribution in [0.1, 0.15) is 32.1 Å². The summed E-state index contributed by atoms with van der Waals surface area (Å²) in [6.07, 6.45) is 6.62. The molecule has 1 nitrogen and oxygen atoms in total. The molecular weight excluding hydrogens is 347 g/mol. The van der Waals surface area contributed by atoms with Crippen molar-refractivity contribution in [3.8, 4) is 0 Å². The monoisotopic (exact) mass is 374 g/mol. The van der Waals surface area contributed by atoms with Crippen LogP contribution in [-0.2, 0) is 4.74 Å². The highest BCUT2D eigenvalue weighted by atomic mass is 31.2. The molecule has 3 aromatic carbocycles. The highest BCUT2D eigenvalue weighted by Crippen LogP contribution is 2.44. The van der Waals surface area contributed by atoms with E-state index >= 15 is 0 Å². The molecule has 4 rings (SSSR count). The van der Waals surface area contributed by atoms with Crippen LogP contribution in [0.4, 0.5) is 0 Å². The van der Waals surface area contributed by atoms with Crippen molar-refractivity contribution < 1.29 is 4.74 Å². The normalized spacial score (nSPS) is 15.4. The van der Waals surface area contributed by atoms with Crippen molar-refractivity contribution in [1.29, 1.82) is 0 Å². The molecule has 1 saturated carbocycles. The predicted molar refractivity (Wildman–Crippen MR) is 119 cm³/mol. The molecule has 1 fully saturated rings. The second-order valence-corrected chi connectivity index (χ2v) is 10.4. The maximum Gasteiger partial charge on any atom is 0.0634 e. The average Bonchev–Trinajstić information content (AvgIpc) is 2.77. The SMILES string of the molecule is C(OC1CCCCC1)=P(c1ccccc1)(c1ccccc1)c1ccccc1. The van der Waals surface area contributed by atoms with Crippen LogP contribution in [0.5, 0.6) is 0 Å². The number of rotatable bonds is 5. The van der Waals surface area contributed by atoms with Crippen molar-refractivity contribution >= 4 is 28.8 Å². The molecule has 0 bridgehead atoms. The van der Waals surface area contributed by atoms with Crippen molar-refractivity contribution in [2.75, 3.05) is 0 Å². The van der Waals surface area contributed by atoms with E-state index in [-0.39, 0.29) is 0 Å². The minimum absolute atomic E-state index is 0.356. The number of benzene rings is 3. The molecule has 0 amide bonds. The molecule has 138 valence electrons. The Morgan fingerprint density at radius 2 is 1.00 bits per heavy atom. The van der Waals surface area contributed by atoms with Gasteiger partial charge in [-0.05, 0) is 35.6 Å². The second kappa shape index (κ2) is 8.74. The summed E-state index contributed by atoms with van der Waals surface area (Å²) in [5.41, 5.74) is 0. The molecule has 0 saturated heterocycles. The maximum atomic E-state index is 6.54. The van der Waals surface area contributed by atoms with Gasteiger partial charge in [0, 0.05) is 5.98 Å². The van der Waals surface area contributed by atoms with Gasteiger partial charge in [0.2, 0.25) is 0 Å². The first kappa shape index (κ1) is 18.3. The summed E-state index contributed by atoms with van der Waals surface area (Å²) < 4.78 is 6.54. The van der Waals surface area contributed by atoms with Gasteiger partial charge in [-0.2, -0.15) is 0 Å². The number of hydrogen-bond acceptors (Lipinski definition) is 1. The minimum Gasteiger partial charge on any atom is -0.350 e. The first-order chi connectivity index (χ1) is 13.4. The molecule has 0 aromatic heterocycles. The van der Waals surface area contributed by atoms with Crippen LogP contribution >= 0.6 is 6.89 Å². The Hall–Kier alpha value is -2.08. The van der Waals surface area contributed by atoms with E-state index in [9.17, 15) is 0 Å². The zero-order valence-corrected chi connectivity index (χ0v) is 16.6. The highest BCUT2D eigenvalue weighted by Gasteiger charge is 2.26. The standard InChI is InChI=1S/C25H27OP/c1-5-13-22(14-6-1)26-21-27(23-15-7-2-8-16-23,24-17-9-3-10-18-24)25-19-11-4-12-20-25/h2-4,7-12,15-22H,1,5-6,13-14H2. The molecule has 3 aromatic rings. The molecule has 2 heteroatoms.